The summed E-state index contributed by atoms with van der Waals surface area (Å²) in [4.78, 5) is 23.5. The first kappa shape index (κ1) is 12.9. The van der Waals surface area contributed by atoms with Crippen LogP contribution in [0.3, 0.4) is 0 Å². The average Bonchev–Trinajstić information content (AvgIpc) is 2.96. The normalized spacial score (nSPS) is 15.8. The van der Waals surface area contributed by atoms with E-state index in [2.05, 4.69) is 0 Å². The summed E-state index contributed by atoms with van der Waals surface area (Å²) in [5.41, 5.74) is 0.937. The number of carboxylic acids is 1. The minimum Gasteiger partial charge on any atom is -0.478 e. The molecule has 1 aliphatic rings. The molecule has 1 heterocycles. The van der Waals surface area contributed by atoms with E-state index in [-0.39, 0.29) is 16.7 Å². The molecule has 0 aromatic carbocycles. The van der Waals surface area contributed by atoms with Crippen molar-refractivity contribution >= 4 is 5.97 Å². The summed E-state index contributed by atoms with van der Waals surface area (Å²) < 4.78 is 1.65. The van der Waals surface area contributed by atoms with Crippen molar-refractivity contribution in [3.63, 3.8) is 0 Å². The van der Waals surface area contributed by atoms with Gasteiger partial charge in [-0.2, -0.15) is 0 Å². The van der Waals surface area contributed by atoms with E-state index in [1.165, 1.54) is 6.07 Å². The van der Waals surface area contributed by atoms with Gasteiger partial charge in [-0.1, -0.05) is 0 Å². The minimum atomic E-state index is -0.967. The van der Waals surface area contributed by atoms with Crippen LogP contribution in [0.1, 0.15) is 48.3 Å². The molecule has 4 heteroatoms. The van der Waals surface area contributed by atoms with Crippen LogP contribution in [0.25, 0.3) is 0 Å². The Bertz CT molecular complexity index is 565. The summed E-state index contributed by atoms with van der Waals surface area (Å²) in [6.45, 7) is 7.42. The van der Waals surface area contributed by atoms with E-state index in [1.54, 1.807) is 18.4 Å². The first-order chi connectivity index (χ1) is 8.26. The molecule has 1 aromatic heterocycles. The summed E-state index contributed by atoms with van der Waals surface area (Å²) >= 11 is 0. The number of carboxylic acid groups (broad SMARTS) is 1. The summed E-state index contributed by atoms with van der Waals surface area (Å²) in [5, 5.41) is 9.27. The Morgan fingerprint density at radius 2 is 1.94 bits per heavy atom. The fourth-order valence-electron chi connectivity index (χ4n) is 2.90. The number of rotatable bonds is 3. The van der Waals surface area contributed by atoms with Gasteiger partial charge in [0.15, 0.2) is 0 Å². The van der Waals surface area contributed by atoms with Crippen LogP contribution in [0.4, 0.5) is 0 Å². The number of aromatic carboxylic acids is 1. The highest BCUT2D eigenvalue weighted by molar-refractivity contribution is 5.90. The summed E-state index contributed by atoms with van der Waals surface area (Å²) in [6.07, 6.45) is 2.21. The van der Waals surface area contributed by atoms with Crippen LogP contribution in [-0.4, -0.2) is 15.6 Å². The molecular weight excluding hydrogens is 230 g/mol. The summed E-state index contributed by atoms with van der Waals surface area (Å²) in [6, 6.07) is 1.43. The van der Waals surface area contributed by atoms with E-state index in [0.29, 0.717) is 17.2 Å². The van der Waals surface area contributed by atoms with E-state index in [0.717, 1.165) is 12.8 Å². The largest absolute Gasteiger partial charge is 0.478 e. The summed E-state index contributed by atoms with van der Waals surface area (Å²) in [7, 11) is 0. The van der Waals surface area contributed by atoms with Gasteiger partial charge in [0.2, 0.25) is 0 Å². The highest BCUT2D eigenvalue weighted by atomic mass is 16.4. The molecule has 98 valence electrons. The molecule has 1 fully saturated rings. The van der Waals surface area contributed by atoms with Gasteiger partial charge in [0.25, 0.3) is 5.56 Å². The van der Waals surface area contributed by atoms with Crippen molar-refractivity contribution in [3.05, 3.63) is 33.2 Å². The molecule has 0 amide bonds. The number of aromatic nitrogens is 1. The van der Waals surface area contributed by atoms with Crippen LogP contribution in [0.5, 0.6) is 0 Å². The monoisotopic (exact) mass is 249 g/mol. The van der Waals surface area contributed by atoms with Gasteiger partial charge in [0.05, 0.1) is 5.56 Å². The molecule has 0 radical (unpaired) electrons. The molecule has 18 heavy (non-hydrogen) atoms. The van der Waals surface area contributed by atoms with Gasteiger partial charge in [-0.25, -0.2) is 4.79 Å². The van der Waals surface area contributed by atoms with Crippen molar-refractivity contribution in [2.75, 3.05) is 0 Å². The Hall–Kier alpha value is -1.58. The average molecular weight is 249 g/mol. The van der Waals surface area contributed by atoms with Crippen LogP contribution in [0.2, 0.25) is 0 Å². The highest BCUT2D eigenvalue weighted by Crippen LogP contribution is 2.43. The van der Waals surface area contributed by atoms with Crippen molar-refractivity contribution in [2.45, 2.75) is 46.1 Å². The molecule has 0 spiro atoms. The van der Waals surface area contributed by atoms with Crippen LogP contribution >= 0.6 is 0 Å². The van der Waals surface area contributed by atoms with E-state index in [1.807, 2.05) is 13.8 Å². The van der Waals surface area contributed by atoms with Crippen molar-refractivity contribution in [2.24, 2.45) is 5.92 Å². The Labute approximate surface area is 106 Å². The van der Waals surface area contributed by atoms with Crippen molar-refractivity contribution in [1.29, 1.82) is 0 Å². The molecule has 1 saturated carbocycles. The molecule has 1 aromatic rings. The Balaban J connectivity index is 2.71. The lowest BCUT2D eigenvalue weighted by molar-refractivity contribution is 0.0693. The third kappa shape index (κ3) is 1.85. The van der Waals surface area contributed by atoms with Gasteiger partial charge in [-0.15, -0.1) is 0 Å². The molecule has 1 aliphatic carbocycles. The molecule has 1 N–H and O–H groups in total. The predicted molar refractivity (Wildman–Crippen MR) is 69.2 cm³/mol. The van der Waals surface area contributed by atoms with Crippen LogP contribution in [0, 0.1) is 19.8 Å². The van der Waals surface area contributed by atoms with Crippen molar-refractivity contribution < 1.29 is 9.90 Å². The van der Waals surface area contributed by atoms with Gasteiger partial charge in [-0.3, -0.25) is 4.79 Å². The Morgan fingerprint density at radius 1 is 1.39 bits per heavy atom. The zero-order valence-corrected chi connectivity index (χ0v) is 11.3. The molecule has 0 bridgehead atoms. The second-order valence-corrected chi connectivity index (χ2v) is 5.69. The topological polar surface area (TPSA) is 59.3 Å². The van der Waals surface area contributed by atoms with Gasteiger partial charge >= 0.3 is 5.97 Å². The zero-order valence-electron chi connectivity index (χ0n) is 11.3. The van der Waals surface area contributed by atoms with E-state index in [4.69, 9.17) is 0 Å². The first-order valence-electron chi connectivity index (χ1n) is 6.24. The molecule has 4 nitrogen and oxygen atoms in total. The van der Waals surface area contributed by atoms with Gasteiger partial charge in [0.1, 0.15) is 0 Å². The van der Waals surface area contributed by atoms with Crippen molar-refractivity contribution in [3.8, 4) is 0 Å². The molecule has 0 saturated heterocycles. The third-order valence-corrected chi connectivity index (χ3v) is 4.02. The lowest BCUT2D eigenvalue weighted by atomic mass is 9.95. The van der Waals surface area contributed by atoms with E-state index >= 15 is 0 Å². The lowest BCUT2D eigenvalue weighted by Crippen LogP contribution is -2.40. The number of pyridine rings is 1. The van der Waals surface area contributed by atoms with Gasteiger partial charge < -0.3 is 9.67 Å². The van der Waals surface area contributed by atoms with Crippen LogP contribution in [0.15, 0.2) is 10.9 Å². The maximum absolute atomic E-state index is 12.2. The zero-order chi connectivity index (χ0) is 13.7. The molecule has 0 atom stereocenters. The molecular formula is C14H19NO3. The fraction of sp³-hybridized carbons (Fsp3) is 0.571. The molecule has 0 aliphatic heterocycles. The maximum Gasteiger partial charge on any atom is 0.337 e. The smallest absolute Gasteiger partial charge is 0.337 e. The number of hydrogen-bond donors (Lipinski definition) is 1. The molecule has 0 unspecified atom stereocenters. The molecule has 2 rings (SSSR count). The van der Waals surface area contributed by atoms with Crippen LogP contribution in [-0.2, 0) is 5.54 Å². The summed E-state index contributed by atoms with van der Waals surface area (Å²) in [5.74, 6) is -0.497. The third-order valence-electron chi connectivity index (χ3n) is 4.02. The van der Waals surface area contributed by atoms with Gasteiger partial charge in [0, 0.05) is 17.3 Å². The van der Waals surface area contributed by atoms with E-state index < -0.39 is 5.97 Å². The van der Waals surface area contributed by atoms with E-state index in [9.17, 15) is 14.7 Å². The first-order valence-corrected chi connectivity index (χ1v) is 6.24. The number of carbonyl (C=O) groups is 1. The van der Waals surface area contributed by atoms with Gasteiger partial charge in [-0.05, 0) is 52.0 Å². The Morgan fingerprint density at radius 3 is 2.39 bits per heavy atom. The SMILES string of the molecule is Cc1cc(=O)n(C(C)(C)C2CC2)c(C)c1C(=O)O. The second kappa shape index (κ2) is 3.97. The standard InChI is InChI=1S/C14H19NO3/c1-8-7-11(16)15(9(2)12(8)13(17)18)14(3,4)10-5-6-10/h7,10H,5-6H2,1-4H3,(H,17,18). The van der Waals surface area contributed by atoms with Crippen LogP contribution < -0.4 is 5.56 Å². The lowest BCUT2D eigenvalue weighted by Gasteiger charge is -2.30. The fourth-order valence-corrected chi connectivity index (χ4v) is 2.90. The quantitative estimate of drug-likeness (QED) is 0.894. The maximum atomic E-state index is 12.2. The highest BCUT2D eigenvalue weighted by Gasteiger charge is 2.40. The number of nitrogens with zero attached hydrogens (tertiary/aromatic N) is 1. The van der Waals surface area contributed by atoms with Crippen molar-refractivity contribution in [1.82, 2.24) is 4.57 Å². The predicted octanol–water partition coefficient (Wildman–Crippen LogP) is 2.31. The Kier molecular flexibility index (Phi) is 2.84. The minimum absolute atomic E-state index is 0.105. The second-order valence-electron chi connectivity index (χ2n) is 5.69. The number of hydrogen-bond acceptors (Lipinski definition) is 2. The number of aryl methyl sites for hydroxylation is 1.